The molecule has 104 valence electrons. The van der Waals surface area contributed by atoms with Crippen LogP contribution in [0.1, 0.15) is 12.8 Å². The Hall–Kier alpha value is -1.26. The quantitative estimate of drug-likeness (QED) is 0.920. The first-order valence-electron chi connectivity index (χ1n) is 6.49. The summed E-state index contributed by atoms with van der Waals surface area (Å²) in [7, 11) is 2.08. The van der Waals surface area contributed by atoms with Gasteiger partial charge in [0, 0.05) is 23.3 Å². The molecule has 0 radical (unpaired) electrons. The molecule has 1 aromatic rings. The van der Waals surface area contributed by atoms with Crippen LogP contribution in [0.2, 0.25) is 5.02 Å². The lowest BCUT2D eigenvalue weighted by Crippen LogP contribution is -2.48. The lowest BCUT2D eigenvalue weighted by atomic mass is 10.0. The largest absolute Gasteiger partial charge is 0.480 e. The van der Waals surface area contributed by atoms with Gasteiger partial charge in [0.05, 0.1) is 0 Å². The standard InChI is InChI=1S/C14H19ClN2O2/c1-16-8-2-3-13(9-16)17(10-14(18)19)12-6-4-11(15)5-7-12/h4-7,13H,2-3,8-10H2,1H3,(H,18,19). The molecule has 0 amide bonds. The highest BCUT2D eigenvalue weighted by atomic mass is 35.5. The Labute approximate surface area is 118 Å². The third kappa shape index (κ3) is 3.85. The maximum atomic E-state index is 11.1. The first-order chi connectivity index (χ1) is 9.06. The number of carboxylic acids is 1. The Balaban J connectivity index is 2.19. The van der Waals surface area contributed by atoms with E-state index in [-0.39, 0.29) is 12.6 Å². The smallest absolute Gasteiger partial charge is 0.323 e. The van der Waals surface area contributed by atoms with E-state index in [9.17, 15) is 4.79 Å². The van der Waals surface area contributed by atoms with Crippen LogP contribution in [0.5, 0.6) is 0 Å². The van der Waals surface area contributed by atoms with Crippen LogP contribution in [0, 0.1) is 0 Å². The van der Waals surface area contributed by atoms with Crippen molar-refractivity contribution in [2.45, 2.75) is 18.9 Å². The van der Waals surface area contributed by atoms with Crippen LogP contribution in [0.3, 0.4) is 0 Å². The van der Waals surface area contributed by atoms with Crippen LogP contribution in [-0.2, 0) is 4.79 Å². The molecule has 1 heterocycles. The Morgan fingerprint density at radius 2 is 2.16 bits per heavy atom. The molecule has 4 nitrogen and oxygen atoms in total. The molecule has 0 aliphatic carbocycles. The molecule has 2 rings (SSSR count). The summed E-state index contributed by atoms with van der Waals surface area (Å²) in [5.41, 5.74) is 0.923. The topological polar surface area (TPSA) is 43.8 Å². The van der Waals surface area contributed by atoms with E-state index >= 15 is 0 Å². The minimum Gasteiger partial charge on any atom is -0.480 e. The predicted molar refractivity (Wildman–Crippen MR) is 77.0 cm³/mol. The summed E-state index contributed by atoms with van der Waals surface area (Å²) in [6.45, 7) is 2.01. The minimum absolute atomic E-state index is 0.0279. The van der Waals surface area contributed by atoms with Crippen molar-refractivity contribution in [1.29, 1.82) is 0 Å². The molecule has 1 unspecified atom stereocenters. The van der Waals surface area contributed by atoms with Crippen molar-refractivity contribution in [2.24, 2.45) is 0 Å². The van der Waals surface area contributed by atoms with Crippen molar-refractivity contribution >= 4 is 23.3 Å². The van der Waals surface area contributed by atoms with Gasteiger partial charge >= 0.3 is 5.97 Å². The fourth-order valence-corrected chi connectivity index (χ4v) is 2.73. The number of carboxylic acid groups (broad SMARTS) is 1. The van der Waals surface area contributed by atoms with Gasteiger partial charge in [-0.25, -0.2) is 0 Å². The number of nitrogens with zero attached hydrogens (tertiary/aromatic N) is 2. The van der Waals surface area contributed by atoms with Crippen molar-refractivity contribution in [2.75, 3.05) is 31.6 Å². The molecule has 1 N–H and O–H groups in total. The van der Waals surface area contributed by atoms with Gasteiger partial charge in [0.1, 0.15) is 6.54 Å². The summed E-state index contributed by atoms with van der Waals surface area (Å²) in [5, 5.41) is 9.78. The summed E-state index contributed by atoms with van der Waals surface area (Å²) in [5.74, 6) is -0.803. The summed E-state index contributed by atoms with van der Waals surface area (Å²) in [6.07, 6.45) is 2.13. The van der Waals surface area contributed by atoms with Crippen molar-refractivity contribution < 1.29 is 9.90 Å². The number of hydrogen-bond donors (Lipinski definition) is 1. The second-order valence-electron chi connectivity index (χ2n) is 5.06. The van der Waals surface area contributed by atoms with E-state index in [1.807, 2.05) is 17.0 Å². The Morgan fingerprint density at radius 3 is 2.74 bits per heavy atom. The van der Waals surface area contributed by atoms with Gasteiger partial charge in [-0.15, -0.1) is 0 Å². The number of carbonyl (C=O) groups is 1. The molecule has 5 heteroatoms. The van der Waals surface area contributed by atoms with Crippen molar-refractivity contribution in [3.63, 3.8) is 0 Å². The number of piperidine rings is 1. The van der Waals surface area contributed by atoms with Gasteiger partial charge in [0.2, 0.25) is 0 Å². The van der Waals surface area contributed by atoms with Gasteiger partial charge < -0.3 is 14.9 Å². The van der Waals surface area contributed by atoms with E-state index in [0.29, 0.717) is 5.02 Å². The van der Waals surface area contributed by atoms with E-state index in [0.717, 1.165) is 31.6 Å². The number of likely N-dealkylation sites (N-methyl/N-ethyl adjacent to an activating group) is 1. The molecule has 1 atom stereocenters. The van der Waals surface area contributed by atoms with E-state index in [4.69, 9.17) is 16.7 Å². The van der Waals surface area contributed by atoms with E-state index in [2.05, 4.69) is 11.9 Å². The molecule has 1 fully saturated rings. The van der Waals surface area contributed by atoms with Gasteiger partial charge in [0.25, 0.3) is 0 Å². The molecular formula is C14H19ClN2O2. The highest BCUT2D eigenvalue weighted by Crippen LogP contribution is 2.24. The summed E-state index contributed by atoms with van der Waals surface area (Å²) in [4.78, 5) is 15.3. The van der Waals surface area contributed by atoms with Crippen LogP contribution in [0.25, 0.3) is 0 Å². The highest BCUT2D eigenvalue weighted by Gasteiger charge is 2.25. The van der Waals surface area contributed by atoms with Gasteiger partial charge in [-0.05, 0) is 50.7 Å². The number of hydrogen-bond acceptors (Lipinski definition) is 3. The van der Waals surface area contributed by atoms with Crippen molar-refractivity contribution in [1.82, 2.24) is 4.90 Å². The van der Waals surface area contributed by atoms with Crippen LogP contribution in [-0.4, -0.2) is 48.7 Å². The second-order valence-corrected chi connectivity index (χ2v) is 5.49. The maximum Gasteiger partial charge on any atom is 0.323 e. The third-order valence-electron chi connectivity index (χ3n) is 3.50. The molecule has 19 heavy (non-hydrogen) atoms. The van der Waals surface area contributed by atoms with Gasteiger partial charge in [-0.3, -0.25) is 4.79 Å². The molecule has 1 aliphatic rings. The monoisotopic (exact) mass is 282 g/mol. The second kappa shape index (κ2) is 6.26. The zero-order chi connectivity index (χ0) is 13.8. The SMILES string of the molecule is CN1CCCC(N(CC(=O)O)c2ccc(Cl)cc2)C1. The zero-order valence-electron chi connectivity index (χ0n) is 11.1. The third-order valence-corrected chi connectivity index (χ3v) is 3.76. The Bertz CT molecular complexity index is 436. The molecule has 1 saturated heterocycles. The number of halogens is 1. The maximum absolute atomic E-state index is 11.1. The van der Waals surface area contributed by atoms with Crippen LogP contribution < -0.4 is 4.90 Å². The van der Waals surface area contributed by atoms with Crippen molar-refractivity contribution in [3.8, 4) is 0 Å². The summed E-state index contributed by atoms with van der Waals surface area (Å²) in [6, 6.07) is 7.63. The first-order valence-corrected chi connectivity index (χ1v) is 6.86. The number of benzene rings is 1. The van der Waals surface area contributed by atoms with Crippen LogP contribution in [0.15, 0.2) is 24.3 Å². The number of anilines is 1. The number of rotatable bonds is 4. The summed E-state index contributed by atoms with van der Waals surface area (Å²) >= 11 is 5.89. The summed E-state index contributed by atoms with van der Waals surface area (Å²) < 4.78 is 0. The molecule has 1 aliphatic heterocycles. The average Bonchev–Trinajstić information content (AvgIpc) is 2.37. The molecule has 0 spiro atoms. The Kier molecular flexibility index (Phi) is 4.66. The van der Waals surface area contributed by atoms with E-state index < -0.39 is 5.97 Å². The lowest BCUT2D eigenvalue weighted by molar-refractivity contribution is -0.135. The lowest BCUT2D eigenvalue weighted by Gasteiger charge is -2.38. The molecular weight excluding hydrogens is 264 g/mol. The first kappa shape index (κ1) is 14.2. The van der Waals surface area contributed by atoms with E-state index in [1.165, 1.54) is 0 Å². The van der Waals surface area contributed by atoms with Crippen LogP contribution >= 0.6 is 11.6 Å². The minimum atomic E-state index is -0.803. The molecule has 0 saturated carbocycles. The molecule has 1 aromatic carbocycles. The van der Waals surface area contributed by atoms with Gasteiger partial charge in [-0.2, -0.15) is 0 Å². The number of likely N-dealkylation sites (tertiary alicyclic amines) is 1. The van der Waals surface area contributed by atoms with Crippen LogP contribution in [0.4, 0.5) is 5.69 Å². The van der Waals surface area contributed by atoms with Crippen molar-refractivity contribution in [3.05, 3.63) is 29.3 Å². The zero-order valence-corrected chi connectivity index (χ0v) is 11.8. The fourth-order valence-electron chi connectivity index (χ4n) is 2.60. The predicted octanol–water partition coefficient (Wildman–Crippen LogP) is 2.33. The molecule has 0 aromatic heterocycles. The molecule has 0 bridgehead atoms. The number of aliphatic carboxylic acids is 1. The normalized spacial score (nSPS) is 20.2. The Morgan fingerprint density at radius 1 is 1.47 bits per heavy atom. The highest BCUT2D eigenvalue weighted by molar-refractivity contribution is 6.30. The average molecular weight is 283 g/mol. The van der Waals surface area contributed by atoms with E-state index in [1.54, 1.807) is 12.1 Å². The van der Waals surface area contributed by atoms with Gasteiger partial charge in [-0.1, -0.05) is 11.6 Å². The fraction of sp³-hybridized carbons (Fsp3) is 0.500. The van der Waals surface area contributed by atoms with Gasteiger partial charge in [0.15, 0.2) is 0 Å².